The van der Waals surface area contributed by atoms with E-state index in [-0.39, 0.29) is 0 Å². The molecule has 0 bridgehead atoms. The first kappa shape index (κ1) is 17.7. The fraction of sp³-hybridized carbons (Fsp3) is 0.381. The lowest BCUT2D eigenvalue weighted by Gasteiger charge is -2.29. The summed E-state index contributed by atoms with van der Waals surface area (Å²) in [5, 5.41) is 4.05. The predicted octanol–water partition coefficient (Wildman–Crippen LogP) is 3.75. The first-order valence-corrected chi connectivity index (χ1v) is 9.53. The normalized spacial score (nSPS) is 14.7. The summed E-state index contributed by atoms with van der Waals surface area (Å²) in [6, 6.07) is 12.7. The molecule has 3 heterocycles. The molecule has 0 unspecified atom stereocenters. The molecule has 0 saturated carbocycles. The second-order valence-electron chi connectivity index (χ2n) is 7.14. The van der Waals surface area contributed by atoms with E-state index in [1.165, 1.54) is 43.6 Å². The molecule has 0 N–H and O–H groups in total. The van der Waals surface area contributed by atoms with Gasteiger partial charge in [-0.15, -0.1) is 0 Å². The third-order valence-corrected chi connectivity index (χ3v) is 4.90. The van der Waals surface area contributed by atoms with Crippen molar-refractivity contribution in [3.63, 3.8) is 0 Å². The molecular formula is C21H25N5O. The maximum atomic E-state index is 5.39. The van der Waals surface area contributed by atoms with E-state index >= 15 is 0 Å². The van der Waals surface area contributed by atoms with Crippen LogP contribution in [0.4, 0.5) is 5.69 Å². The van der Waals surface area contributed by atoms with E-state index in [4.69, 9.17) is 4.52 Å². The Kier molecular flexibility index (Phi) is 5.44. The zero-order chi connectivity index (χ0) is 18.5. The Morgan fingerprint density at radius 2 is 1.85 bits per heavy atom. The molecule has 140 valence electrons. The van der Waals surface area contributed by atoms with E-state index in [2.05, 4.69) is 56.2 Å². The topological polar surface area (TPSA) is 58.3 Å². The molecule has 1 aliphatic heterocycles. The SMILES string of the molecule is CN(Cc1ccc(N2CCCCC2)cc1)Cc1nc(-c2cccnc2)no1. The third kappa shape index (κ3) is 4.52. The molecule has 1 fully saturated rings. The monoisotopic (exact) mass is 363 g/mol. The minimum absolute atomic E-state index is 0.581. The largest absolute Gasteiger partial charge is 0.372 e. The maximum absolute atomic E-state index is 5.39. The number of aromatic nitrogens is 3. The molecule has 1 saturated heterocycles. The summed E-state index contributed by atoms with van der Waals surface area (Å²) < 4.78 is 5.39. The first-order valence-electron chi connectivity index (χ1n) is 9.53. The van der Waals surface area contributed by atoms with Gasteiger partial charge in [0, 0.05) is 43.3 Å². The predicted molar refractivity (Wildman–Crippen MR) is 105 cm³/mol. The Balaban J connectivity index is 1.34. The quantitative estimate of drug-likeness (QED) is 0.665. The van der Waals surface area contributed by atoms with E-state index in [0.29, 0.717) is 18.3 Å². The summed E-state index contributed by atoms with van der Waals surface area (Å²) >= 11 is 0. The van der Waals surface area contributed by atoms with Gasteiger partial charge in [-0.2, -0.15) is 4.98 Å². The fourth-order valence-electron chi connectivity index (χ4n) is 3.49. The summed E-state index contributed by atoms with van der Waals surface area (Å²) in [4.78, 5) is 13.2. The van der Waals surface area contributed by atoms with Gasteiger partial charge in [0.1, 0.15) is 0 Å². The van der Waals surface area contributed by atoms with Gasteiger partial charge in [0.05, 0.1) is 6.54 Å². The van der Waals surface area contributed by atoms with Crippen LogP contribution in [-0.4, -0.2) is 40.2 Å². The molecule has 0 amide bonds. The molecule has 1 aromatic carbocycles. The molecule has 3 aromatic rings. The van der Waals surface area contributed by atoms with Crippen LogP contribution in [0.5, 0.6) is 0 Å². The highest BCUT2D eigenvalue weighted by atomic mass is 16.5. The van der Waals surface area contributed by atoms with Crippen LogP contribution in [0, 0.1) is 0 Å². The summed E-state index contributed by atoms with van der Waals surface area (Å²) in [6.07, 6.45) is 7.43. The van der Waals surface area contributed by atoms with Crippen molar-refractivity contribution in [2.24, 2.45) is 0 Å². The van der Waals surface area contributed by atoms with Gasteiger partial charge >= 0.3 is 0 Å². The average molecular weight is 363 g/mol. The van der Waals surface area contributed by atoms with Crippen molar-refractivity contribution in [1.29, 1.82) is 0 Å². The van der Waals surface area contributed by atoms with Crippen LogP contribution in [0.15, 0.2) is 53.3 Å². The van der Waals surface area contributed by atoms with Gasteiger partial charge in [0.15, 0.2) is 0 Å². The van der Waals surface area contributed by atoms with E-state index in [1.54, 1.807) is 12.4 Å². The Hall–Kier alpha value is -2.73. The van der Waals surface area contributed by atoms with Crippen LogP contribution >= 0.6 is 0 Å². The molecule has 6 heteroatoms. The van der Waals surface area contributed by atoms with Crippen molar-refractivity contribution in [2.45, 2.75) is 32.4 Å². The molecule has 0 spiro atoms. The van der Waals surface area contributed by atoms with Crippen molar-refractivity contribution in [3.05, 3.63) is 60.2 Å². The number of rotatable bonds is 6. The van der Waals surface area contributed by atoms with Crippen LogP contribution in [0.1, 0.15) is 30.7 Å². The molecule has 6 nitrogen and oxygen atoms in total. The highest BCUT2D eigenvalue weighted by Crippen LogP contribution is 2.21. The van der Waals surface area contributed by atoms with Gasteiger partial charge in [0.25, 0.3) is 0 Å². The van der Waals surface area contributed by atoms with Gasteiger partial charge in [-0.1, -0.05) is 17.3 Å². The lowest BCUT2D eigenvalue weighted by Crippen LogP contribution is -2.29. The minimum Gasteiger partial charge on any atom is -0.372 e. The zero-order valence-electron chi connectivity index (χ0n) is 15.7. The summed E-state index contributed by atoms with van der Waals surface area (Å²) in [5.74, 6) is 1.19. The minimum atomic E-state index is 0.581. The number of piperidine rings is 1. The van der Waals surface area contributed by atoms with Crippen LogP contribution < -0.4 is 4.90 Å². The van der Waals surface area contributed by atoms with Gasteiger partial charge in [-0.05, 0) is 56.1 Å². The van der Waals surface area contributed by atoms with Crippen LogP contribution in [0.3, 0.4) is 0 Å². The van der Waals surface area contributed by atoms with Crippen molar-refractivity contribution in [2.75, 3.05) is 25.0 Å². The Labute approximate surface area is 159 Å². The number of anilines is 1. The highest BCUT2D eigenvalue weighted by Gasteiger charge is 2.13. The Morgan fingerprint density at radius 1 is 1.04 bits per heavy atom. The van der Waals surface area contributed by atoms with Crippen LogP contribution in [0.25, 0.3) is 11.4 Å². The lowest BCUT2D eigenvalue weighted by atomic mass is 10.1. The van der Waals surface area contributed by atoms with Gasteiger partial charge in [-0.3, -0.25) is 9.88 Å². The summed E-state index contributed by atoms with van der Waals surface area (Å²) in [7, 11) is 2.06. The molecule has 2 aromatic heterocycles. The van der Waals surface area contributed by atoms with Crippen molar-refractivity contribution < 1.29 is 4.52 Å². The molecule has 1 aliphatic rings. The first-order chi connectivity index (χ1) is 13.3. The third-order valence-electron chi connectivity index (χ3n) is 4.90. The number of pyridine rings is 1. The maximum Gasteiger partial charge on any atom is 0.241 e. The fourth-order valence-corrected chi connectivity index (χ4v) is 3.49. The van der Waals surface area contributed by atoms with E-state index in [9.17, 15) is 0 Å². The average Bonchev–Trinajstić information content (AvgIpc) is 3.18. The van der Waals surface area contributed by atoms with Gasteiger partial charge < -0.3 is 9.42 Å². The molecule has 27 heavy (non-hydrogen) atoms. The summed E-state index contributed by atoms with van der Waals surface area (Å²) in [6.45, 7) is 3.80. The number of nitrogens with zero attached hydrogens (tertiary/aromatic N) is 5. The molecule has 0 atom stereocenters. The molecule has 0 aliphatic carbocycles. The highest BCUT2D eigenvalue weighted by molar-refractivity contribution is 5.51. The van der Waals surface area contributed by atoms with Crippen molar-refractivity contribution in [3.8, 4) is 11.4 Å². The Morgan fingerprint density at radius 3 is 2.59 bits per heavy atom. The summed E-state index contributed by atoms with van der Waals surface area (Å²) in [5.41, 5.74) is 3.48. The smallest absolute Gasteiger partial charge is 0.241 e. The Bertz CT molecular complexity index is 841. The lowest BCUT2D eigenvalue weighted by molar-refractivity contribution is 0.261. The van der Waals surface area contributed by atoms with Crippen molar-refractivity contribution >= 4 is 5.69 Å². The van der Waals surface area contributed by atoms with E-state index in [0.717, 1.165) is 12.1 Å². The molecule has 0 radical (unpaired) electrons. The molecule has 4 rings (SSSR count). The van der Waals surface area contributed by atoms with Crippen molar-refractivity contribution in [1.82, 2.24) is 20.0 Å². The van der Waals surface area contributed by atoms with Gasteiger partial charge in [-0.25, -0.2) is 0 Å². The number of hydrogen-bond acceptors (Lipinski definition) is 6. The standard InChI is InChI=1S/C21H25N5O/c1-25(16-20-23-21(24-27-20)18-6-5-11-22-14-18)15-17-7-9-19(10-8-17)26-12-3-2-4-13-26/h5-11,14H,2-4,12-13,15-16H2,1H3. The van der Waals surface area contributed by atoms with Crippen LogP contribution in [0.2, 0.25) is 0 Å². The number of benzene rings is 1. The second kappa shape index (κ2) is 8.31. The van der Waals surface area contributed by atoms with Gasteiger partial charge in [0.2, 0.25) is 11.7 Å². The number of hydrogen-bond donors (Lipinski definition) is 0. The van der Waals surface area contributed by atoms with Crippen LogP contribution in [-0.2, 0) is 13.1 Å². The van der Waals surface area contributed by atoms with E-state index < -0.39 is 0 Å². The molecular weight excluding hydrogens is 338 g/mol. The second-order valence-corrected chi connectivity index (χ2v) is 7.14. The zero-order valence-corrected chi connectivity index (χ0v) is 15.7. The van der Waals surface area contributed by atoms with E-state index in [1.807, 2.05) is 12.1 Å².